The third-order valence-electron chi connectivity index (χ3n) is 4.05. The summed E-state index contributed by atoms with van der Waals surface area (Å²) in [4.78, 5) is 4.46. The van der Waals surface area contributed by atoms with Gasteiger partial charge in [-0.1, -0.05) is 12.1 Å². The second-order valence-corrected chi connectivity index (χ2v) is 6.75. The molecule has 0 aliphatic heterocycles. The number of allylic oxidation sites excluding steroid dienone is 1. The van der Waals surface area contributed by atoms with Crippen LogP contribution in [0.2, 0.25) is 0 Å². The van der Waals surface area contributed by atoms with Gasteiger partial charge < -0.3 is 4.42 Å². The standard InChI is InChI=1S/C22H12F2N2OS/c23-16-7-5-14(6-8-16)20-13-28-22(26-20)15(12-25)11-17-9-10-21(27-17)18-3-1-2-4-19(18)24/h1-11,13H. The Bertz CT molecular complexity index is 1200. The molecule has 0 N–H and O–H groups in total. The van der Waals surface area contributed by atoms with Crippen molar-refractivity contribution in [3.63, 3.8) is 0 Å². The fourth-order valence-corrected chi connectivity index (χ4v) is 3.47. The van der Waals surface area contributed by atoms with Crippen LogP contribution in [0.3, 0.4) is 0 Å². The molecule has 0 fully saturated rings. The molecule has 4 rings (SSSR count). The van der Waals surface area contributed by atoms with Gasteiger partial charge in [0.05, 0.1) is 16.8 Å². The molecule has 4 aromatic rings. The summed E-state index contributed by atoms with van der Waals surface area (Å²) >= 11 is 1.31. The third kappa shape index (κ3) is 3.61. The zero-order valence-corrected chi connectivity index (χ0v) is 15.2. The van der Waals surface area contributed by atoms with Crippen molar-refractivity contribution in [3.05, 3.63) is 88.4 Å². The lowest BCUT2D eigenvalue weighted by molar-refractivity contribution is 0.561. The Balaban J connectivity index is 1.63. The van der Waals surface area contributed by atoms with Crippen LogP contribution in [0.1, 0.15) is 10.8 Å². The van der Waals surface area contributed by atoms with Crippen LogP contribution < -0.4 is 0 Å². The summed E-state index contributed by atoms with van der Waals surface area (Å²) in [6.07, 6.45) is 1.57. The lowest BCUT2D eigenvalue weighted by Gasteiger charge is -1.98. The van der Waals surface area contributed by atoms with E-state index in [0.29, 0.717) is 33.4 Å². The van der Waals surface area contributed by atoms with Crippen LogP contribution in [-0.4, -0.2) is 4.98 Å². The van der Waals surface area contributed by atoms with Crippen LogP contribution in [0.25, 0.3) is 34.2 Å². The molecule has 0 unspecified atom stereocenters. The lowest BCUT2D eigenvalue weighted by atomic mass is 10.1. The van der Waals surface area contributed by atoms with Gasteiger partial charge in [0.25, 0.3) is 0 Å². The van der Waals surface area contributed by atoms with Crippen molar-refractivity contribution in [1.29, 1.82) is 5.26 Å². The predicted octanol–water partition coefficient (Wildman–Crippen LogP) is 6.41. The van der Waals surface area contributed by atoms with E-state index in [4.69, 9.17) is 4.42 Å². The largest absolute Gasteiger partial charge is 0.457 e. The Hall–Kier alpha value is -3.56. The van der Waals surface area contributed by atoms with Crippen LogP contribution in [0.15, 0.2) is 70.5 Å². The quantitative estimate of drug-likeness (QED) is 0.378. The fourth-order valence-electron chi connectivity index (χ4n) is 2.67. The Labute approximate surface area is 163 Å². The normalized spacial score (nSPS) is 11.4. The average Bonchev–Trinajstić information content (AvgIpc) is 3.37. The van der Waals surface area contributed by atoms with Gasteiger partial charge in [0.1, 0.15) is 34.2 Å². The van der Waals surface area contributed by atoms with Crippen LogP contribution >= 0.6 is 11.3 Å². The van der Waals surface area contributed by atoms with Gasteiger partial charge >= 0.3 is 0 Å². The number of aromatic nitrogens is 1. The first-order valence-corrected chi connectivity index (χ1v) is 9.20. The van der Waals surface area contributed by atoms with E-state index in [-0.39, 0.29) is 11.6 Å². The summed E-state index contributed by atoms with van der Waals surface area (Å²) in [5, 5.41) is 11.8. The second-order valence-electron chi connectivity index (χ2n) is 5.90. The predicted molar refractivity (Wildman–Crippen MR) is 105 cm³/mol. The number of furan rings is 1. The summed E-state index contributed by atoms with van der Waals surface area (Å²) in [6, 6.07) is 17.8. The van der Waals surface area contributed by atoms with Crippen LogP contribution in [0.4, 0.5) is 8.78 Å². The Kier molecular flexibility index (Phi) is 4.83. The van der Waals surface area contributed by atoms with Crippen molar-refractivity contribution in [2.75, 3.05) is 0 Å². The van der Waals surface area contributed by atoms with E-state index >= 15 is 0 Å². The first-order valence-electron chi connectivity index (χ1n) is 8.32. The van der Waals surface area contributed by atoms with Crippen LogP contribution in [0.5, 0.6) is 0 Å². The van der Waals surface area contributed by atoms with Crippen molar-refractivity contribution in [2.24, 2.45) is 0 Å². The van der Waals surface area contributed by atoms with E-state index in [1.807, 2.05) is 0 Å². The molecule has 0 amide bonds. The number of halogens is 2. The first kappa shape index (κ1) is 17.8. The number of rotatable bonds is 4. The molecule has 2 heterocycles. The van der Waals surface area contributed by atoms with E-state index in [1.165, 1.54) is 29.5 Å². The Morgan fingerprint density at radius 3 is 2.57 bits per heavy atom. The molecule has 3 nitrogen and oxygen atoms in total. The number of benzene rings is 2. The summed E-state index contributed by atoms with van der Waals surface area (Å²) in [6.45, 7) is 0. The second kappa shape index (κ2) is 7.59. The molecule has 0 saturated heterocycles. The fraction of sp³-hybridized carbons (Fsp3) is 0. The molecule has 0 saturated carbocycles. The average molecular weight is 390 g/mol. The van der Waals surface area contributed by atoms with Crippen molar-refractivity contribution < 1.29 is 13.2 Å². The SMILES string of the molecule is N#CC(=Cc1ccc(-c2ccccc2F)o1)c1nc(-c2ccc(F)cc2)cs1. The lowest BCUT2D eigenvalue weighted by Crippen LogP contribution is -1.83. The topological polar surface area (TPSA) is 49.8 Å². The van der Waals surface area contributed by atoms with Crippen molar-refractivity contribution in [3.8, 4) is 28.7 Å². The number of nitrogens with zero attached hydrogens (tertiary/aromatic N) is 2. The number of hydrogen-bond acceptors (Lipinski definition) is 4. The molecule has 6 heteroatoms. The minimum atomic E-state index is -0.378. The van der Waals surface area contributed by atoms with Crippen molar-refractivity contribution in [1.82, 2.24) is 4.98 Å². The molecule has 2 aromatic heterocycles. The highest BCUT2D eigenvalue weighted by molar-refractivity contribution is 7.11. The van der Waals surface area contributed by atoms with Crippen LogP contribution in [0, 0.1) is 23.0 Å². The van der Waals surface area contributed by atoms with Gasteiger partial charge in [0.2, 0.25) is 0 Å². The highest BCUT2D eigenvalue weighted by Crippen LogP contribution is 2.29. The van der Waals surface area contributed by atoms with Gasteiger partial charge in [0.15, 0.2) is 0 Å². The van der Waals surface area contributed by atoms with Gasteiger partial charge in [-0.25, -0.2) is 13.8 Å². The Morgan fingerprint density at radius 1 is 1.04 bits per heavy atom. The van der Waals surface area contributed by atoms with Gasteiger partial charge in [0, 0.05) is 17.0 Å². The summed E-state index contributed by atoms with van der Waals surface area (Å²) in [5.74, 6) is 0.109. The summed E-state index contributed by atoms with van der Waals surface area (Å²) < 4.78 is 32.7. The molecular formula is C22H12F2N2OS. The first-order chi connectivity index (χ1) is 13.6. The molecule has 0 radical (unpaired) electrons. The minimum Gasteiger partial charge on any atom is -0.457 e. The minimum absolute atomic E-state index is 0.319. The van der Waals surface area contributed by atoms with Gasteiger partial charge in [-0.15, -0.1) is 11.3 Å². The van der Waals surface area contributed by atoms with Gasteiger partial charge in [-0.2, -0.15) is 5.26 Å². The van der Waals surface area contributed by atoms with Gasteiger partial charge in [-0.05, 0) is 48.5 Å². The molecule has 28 heavy (non-hydrogen) atoms. The van der Waals surface area contributed by atoms with E-state index in [2.05, 4.69) is 11.1 Å². The molecule has 0 spiro atoms. The smallest absolute Gasteiger partial charge is 0.137 e. The van der Waals surface area contributed by atoms with Gasteiger partial charge in [-0.3, -0.25) is 0 Å². The summed E-state index contributed by atoms with van der Waals surface area (Å²) in [5.41, 5.74) is 2.11. The highest BCUT2D eigenvalue weighted by atomic mass is 32.1. The molecule has 0 bridgehead atoms. The van der Waals surface area contributed by atoms with Crippen LogP contribution in [-0.2, 0) is 0 Å². The van der Waals surface area contributed by atoms with E-state index in [0.717, 1.165) is 5.56 Å². The molecule has 0 atom stereocenters. The zero-order valence-electron chi connectivity index (χ0n) is 14.4. The highest BCUT2D eigenvalue weighted by Gasteiger charge is 2.12. The molecule has 2 aromatic carbocycles. The maximum Gasteiger partial charge on any atom is 0.137 e. The monoisotopic (exact) mass is 390 g/mol. The van der Waals surface area contributed by atoms with E-state index < -0.39 is 0 Å². The maximum absolute atomic E-state index is 13.9. The summed E-state index contributed by atoms with van der Waals surface area (Å²) in [7, 11) is 0. The molecular weight excluding hydrogens is 378 g/mol. The van der Waals surface area contributed by atoms with Crippen molar-refractivity contribution in [2.45, 2.75) is 0 Å². The van der Waals surface area contributed by atoms with E-state index in [9.17, 15) is 14.0 Å². The molecule has 136 valence electrons. The number of hydrogen-bond donors (Lipinski definition) is 0. The number of thiazole rings is 1. The van der Waals surface area contributed by atoms with E-state index in [1.54, 1.807) is 53.9 Å². The maximum atomic E-state index is 13.9. The molecule has 0 aliphatic carbocycles. The zero-order chi connectivity index (χ0) is 19.5. The Morgan fingerprint density at radius 2 is 1.82 bits per heavy atom. The number of nitriles is 1. The third-order valence-corrected chi connectivity index (χ3v) is 4.92. The van der Waals surface area contributed by atoms with Crippen molar-refractivity contribution >= 4 is 23.0 Å². The molecule has 0 aliphatic rings.